The van der Waals surface area contributed by atoms with Gasteiger partial charge < -0.3 is 15.9 Å². The van der Waals surface area contributed by atoms with Gasteiger partial charge in [0.05, 0.1) is 5.60 Å². The van der Waals surface area contributed by atoms with Crippen molar-refractivity contribution >= 4 is 5.90 Å². The molecule has 0 aromatic rings. The molecule has 1 unspecified atom stereocenters. The fraction of sp³-hybridized carbons (Fsp3) is 0.882. The van der Waals surface area contributed by atoms with Crippen LogP contribution in [0, 0.1) is 12.3 Å². The van der Waals surface area contributed by atoms with Crippen LogP contribution >= 0.6 is 0 Å². The normalized spacial score (nSPS) is 27.0. The maximum atomic E-state index is 5.68. The number of nitrogens with zero attached hydrogens (tertiary/aromatic N) is 1. The van der Waals surface area contributed by atoms with E-state index >= 15 is 0 Å². The summed E-state index contributed by atoms with van der Waals surface area (Å²) in [5, 5.41) is 0. The average Bonchev–Trinajstić information content (AvgIpc) is 3.18. The topological polar surface area (TPSA) is 30.8 Å². The molecule has 2 atom stereocenters. The second-order valence-electron chi connectivity index (χ2n) is 6.64. The fourth-order valence-electron chi connectivity index (χ4n) is 2.97. The maximum Gasteiger partial charge on any atom is 2.00 e. The van der Waals surface area contributed by atoms with Gasteiger partial charge in [-0.25, -0.2) is 4.99 Å². The summed E-state index contributed by atoms with van der Waals surface area (Å²) in [6.07, 6.45) is 13.5. The van der Waals surface area contributed by atoms with Crippen molar-refractivity contribution in [2.24, 2.45) is 10.9 Å². The van der Waals surface area contributed by atoms with Gasteiger partial charge in [-0.3, -0.25) is 0 Å². The van der Waals surface area contributed by atoms with Crippen molar-refractivity contribution < 1.29 is 45.4 Å². The van der Waals surface area contributed by atoms with Crippen molar-refractivity contribution in [2.75, 3.05) is 13.7 Å². The average molecular weight is 343 g/mol. The van der Waals surface area contributed by atoms with Crippen LogP contribution < -0.4 is 18.9 Å². The molecule has 0 radical (unpaired) electrons. The second kappa shape index (κ2) is 11.2. The molecule has 122 valence electrons. The second-order valence-corrected chi connectivity index (χ2v) is 6.64. The zero-order valence-electron chi connectivity index (χ0n) is 14.7. The predicted octanol–water partition coefficient (Wildman–Crippen LogP) is 1.17. The van der Waals surface area contributed by atoms with Gasteiger partial charge in [0, 0.05) is 7.11 Å². The molecule has 22 heavy (non-hydrogen) atoms. The van der Waals surface area contributed by atoms with Crippen molar-refractivity contribution in [1.29, 1.82) is 0 Å². The molecule has 2 aliphatic carbocycles. The van der Waals surface area contributed by atoms with Gasteiger partial charge in [-0.1, -0.05) is 50.9 Å². The third kappa shape index (κ3) is 6.58. The SMILES string of the molecule is C1CCCC1.COC(C)(C)[C@@H]1COC(C2[CH-]CCC2)=N1.[Fe+2].[Li+]. The Hall–Kier alpha value is 0.547. The summed E-state index contributed by atoms with van der Waals surface area (Å²) in [5.41, 5.74) is -0.222. The van der Waals surface area contributed by atoms with E-state index in [9.17, 15) is 0 Å². The number of hydrogen-bond acceptors (Lipinski definition) is 3. The van der Waals surface area contributed by atoms with E-state index in [1.165, 1.54) is 51.4 Å². The Morgan fingerprint density at radius 3 is 2.18 bits per heavy atom. The van der Waals surface area contributed by atoms with E-state index in [1.807, 2.05) is 0 Å². The van der Waals surface area contributed by atoms with Crippen LogP contribution in [0.2, 0.25) is 0 Å². The molecule has 0 saturated heterocycles. The van der Waals surface area contributed by atoms with Gasteiger partial charge in [0.1, 0.15) is 12.6 Å². The molecule has 2 fully saturated rings. The van der Waals surface area contributed by atoms with Crippen LogP contribution in [0.1, 0.15) is 65.2 Å². The molecule has 0 aromatic heterocycles. The first-order valence-corrected chi connectivity index (χ1v) is 8.22. The van der Waals surface area contributed by atoms with E-state index in [0.717, 1.165) is 5.90 Å². The summed E-state index contributed by atoms with van der Waals surface area (Å²) in [5.74, 6) is 1.39. The third-order valence-corrected chi connectivity index (χ3v) is 4.74. The van der Waals surface area contributed by atoms with Gasteiger partial charge in [-0.05, 0) is 13.8 Å². The monoisotopic (exact) mass is 343 g/mol. The minimum absolute atomic E-state index is 0. The van der Waals surface area contributed by atoms with E-state index in [-0.39, 0.29) is 47.6 Å². The van der Waals surface area contributed by atoms with E-state index in [0.29, 0.717) is 12.5 Å². The number of hydrogen-bond donors (Lipinski definition) is 0. The fourth-order valence-corrected chi connectivity index (χ4v) is 2.97. The molecule has 2 saturated carbocycles. The Bertz CT molecular complexity index is 319. The first-order chi connectivity index (χ1) is 9.63. The first-order valence-electron chi connectivity index (χ1n) is 8.22. The van der Waals surface area contributed by atoms with Gasteiger partial charge in [0.2, 0.25) is 0 Å². The van der Waals surface area contributed by atoms with Gasteiger partial charge in [-0.2, -0.15) is 6.42 Å². The minimum atomic E-state index is -0.222. The molecule has 0 N–H and O–H groups in total. The molecule has 5 heteroatoms. The summed E-state index contributed by atoms with van der Waals surface area (Å²) in [6, 6.07) is 0.145. The van der Waals surface area contributed by atoms with Crippen molar-refractivity contribution in [2.45, 2.75) is 76.9 Å². The van der Waals surface area contributed by atoms with Crippen LogP contribution in [0.25, 0.3) is 0 Å². The summed E-state index contributed by atoms with van der Waals surface area (Å²) < 4.78 is 11.1. The summed E-state index contributed by atoms with van der Waals surface area (Å²) >= 11 is 0. The number of methoxy groups -OCH3 is 1. The van der Waals surface area contributed by atoms with Crippen molar-refractivity contribution in [1.82, 2.24) is 0 Å². The summed E-state index contributed by atoms with van der Waals surface area (Å²) in [6.45, 7) is 4.79. The molecule has 3 nitrogen and oxygen atoms in total. The van der Waals surface area contributed by atoms with Crippen LogP contribution in [0.5, 0.6) is 0 Å². The van der Waals surface area contributed by atoms with Crippen LogP contribution in [-0.2, 0) is 26.5 Å². The Balaban J connectivity index is 0.000000542. The largest absolute Gasteiger partial charge is 2.00 e. The van der Waals surface area contributed by atoms with Gasteiger partial charge >= 0.3 is 35.9 Å². The first kappa shape index (κ1) is 22.5. The molecule has 0 bridgehead atoms. The Morgan fingerprint density at radius 1 is 1.14 bits per heavy atom. The van der Waals surface area contributed by atoms with Gasteiger partial charge in [0.15, 0.2) is 5.90 Å². The zero-order valence-corrected chi connectivity index (χ0v) is 15.8. The molecule has 0 aromatic carbocycles. The van der Waals surface area contributed by atoms with E-state index < -0.39 is 0 Å². The summed E-state index contributed by atoms with van der Waals surface area (Å²) in [4.78, 5) is 4.65. The van der Waals surface area contributed by atoms with Crippen molar-refractivity contribution in [3.8, 4) is 0 Å². The Morgan fingerprint density at radius 2 is 1.73 bits per heavy atom. The Kier molecular flexibility index (Phi) is 11.4. The van der Waals surface area contributed by atoms with E-state index in [1.54, 1.807) is 7.11 Å². The summed E-state index contributed by atoms with van der Waals surface area (Å²) in [7, 11) is 1.73. The number of rotatable bonds is 3. The number of aliphatic imine (C=N–C) groups is 1. The zero-order chi connectivity index (χ0) is 14.4. The molecule has 1 aliphatic heterocycles. The van der Waals surface area contributed by atoms with Crippen LogP contribution in [-0.4, -0.2) is 31.3 Å². The molecule has 3 aliphatic rings. The maximum absolute atomic E-state index is 5.68. The van der Waals surface area contributed by atoms with E-state index in [4.69, 9.17) is 9.47 Å². The quantitative estimate of drug-likeness (QED) is 0.569. The predicted molar refractivity (Wildman–Crippen MR) is 83.0 cm³/mol. The van der Waals surface area contributed by atoms with Crippen LogP contribution in [0.15, 0.2) is 4.99 Å². The minimum Gasteiger partial charge on any atom is -0.481 e. The van der Waals surface area contributed by atoms with Gasteiger partial charge in [0.25, 0.3) is 0 Å². The molecule has 3 rings (SSSR count). The molecular formula is C17H30FeLiNO2+2. The van der Waals surface area contributed by atoms with Crippen molar-refractivity contribution in [3.63, 3.8) is 0 Å². The van der Waals surface area contributed by atoms with Crippen molar-refractivity contribution in [3.05, 3.63) is 6.42 Å². The smallest absolute Gasteiger partial charge is 0.481 e. The number of ether oxygens (including phenoxy) is 2. The standard InChI is InChI=1S/C12H20NO2.C5H10.Fe.Li/c1-12(2,14-3)10-8-15-11(13-10)9-6-4-5-7-9;1-2-4-5-3-1;;/h6,9-10H,4-5,7-8H2,1-3H3;1-5H2;;/q-1;;+2;+1/t9?,10-;;;/m0.../s1. The molecule has 0 spiro atoms. The molecule has 1 heterocycles. The third-order valence-electron chi connectivity index (χ3n) is 4.74. The molecular weight excluding hydrogens is 313 g/mol. The molecule has 0 amide bonds. The Labute approximate surface area is 159 Å². The van der Waals surface area contributed by atoms with Crippen LogP contribution in [0.3, 0.4) is 0 Å². The van der Waals surface area contributed by atoms with Gasteiger partial charge in [-0.15, -0.1) is 0 Å². The van der Waals surface area contributed by atoms with E-state index in [2.05, 4.69) is 25.3 Å². The van der Waals surface area contributed by atoms with Crippen LogP contribution in [0.4, 0.5) is 0 Å².